The Hall–Kier alpha value is -0.230. The van der Waals surface area contributed by atoms with Crippen molar-refractivity contribution in [1.29, 1.82) is 0 Å². The van der Waals surface area contributed by atoms with E-state index < -0.39 is 10.0 Å². The summed E-state index contributed by atoms with van der Waals surface area (Å²) in [5.74, 6) is 0.534. The highest BCUT2D eigenvalue weighted by molar-refractivity contribution is 8.00. The van der Waals surface area contributed by atoms with Crippen LogP contribution in [0.2, 0.25) is 0 Å². The fourth-order valence-corrected chi connectivity index (χ4v) is 3.11. The van der Waals surface area contributed by atoms with Crippen molar-refractivity contribution in [2.75, 3.05) is 18.7 Å². The highest BCUT2D eigenvalue weighted by atomic mass is 35.5. The van der Waals surface area contributed by atoms with E-state index in [4.69, 9.17) is 11.6 Å². The van der Waals surface area contributed by atoms with Gasteiger partial charge in [0.05, 0.1) is 4.90 Å². The Bertz CT molecular complexity index is 498. The van der Waals surface area contributed by atoms with E-state index in [0.717, 1.165) is 12.0 Å². The quantitative estimate of drug-likeness (QED) is 0.785. The number of hydrogen-bond acceptors (Lipinski definition) is 3. The summed E-state index contributed by atoms with van der Waals surface area (Å²) < 4.78 is 26.8. The van der Waals surface area contributed by atoms with Crippen molar-refractivity contribution >= 4 is 33.4 Å². The lowest BCUT2D eigenvalue weighted by atomic mass is 10.2. The normalized spacial score (nSPS) is 12.6. The van der Waals surface area contributed by atoms with Crippen LogP contribution in [0.15, 0.2) is 29.2 Å². The smallest absolute Gasteiger partial charge is 0.210 e. The summed E-state index contributed by atoms with van der Waals surface area (Å²) in [6.45, 7) is 4.41. The molecular formula is C13H20ClNO2S2. The summed E-state index contributed by atoms with van der Waals surface area (Å²) in [5.41, 5.74) is 1.04. The molecule has 0 spiro atoms. The van der Waals surface area contributed by atoms with Crippen LogP contribution >= 0.6 is 23.4 Å². The Kier molecular flexibility index (Phi) is 6.17. The highest BCUT2D eigenvalue weighted by Crippen LogP contribution is 2.21. The lowest BCUT2D eigenvalue weighted by Gasteiger charge is -2.22. The van der Waals surface area contributed by atoms with Crippen molar-refractivity contribution in [3.05, 3.63) is 29.8 Å². The molecule has 0 aliphatic carbocycles. The topological polar surface area (TPSA) is 46.2 Å². The lowest BCUT2D eigenvalue weighted by Crippen LogP contribution is -2.36. The molecule has 0 saturated heterocycles. The number of nitrogens with one attached hydrogen (secondary N) is 1. The molecule has 0 bridgehead atoms. The molecule has 0 unspecified atom stereocenters. The van der Waals surface area contributed by atoms with E-state index in [1.165, 1.54) is 0 Å². The zero-order chi connectivity index (χ0) is 14.5. The highest BCUT2D eigenvalue weighted by Gasteiger charge is 2.21. The first-order valence-corrected chi connectivity index (χ1v) is 9.25. The predicted octanol–water partition coefficient (Wildman–Crippen LogP) is 2.89. The summed E-state index contributed by atoms with van der Waals surface area (Å²) >= 11 is 7.28. The van der Waals surface area contributed by atoms with Crippen LogP contribution in [0.5, 0.6) is 0 Å². The largest absolute Gasteiger partial charge is 0.240 e. The third-order valence-electron chi connectivity index (χ3n) is 2.86. The Morgan fingerprint density at radius 2 is 1.84 bits per heavy atom. The second-order valence-corrected chi connectivity index (χ2v) is 8.53. The summed E-state index contributed by atoms with van der Waals surface area (Å²) in [7, 11) is -3.43. The first-order chi connectivity index (χ1) is 8.80. The van der Waals surface area contributed by atoms with Crippen molar-refractivity contribution in [3.63, 3.8) is 0 Å². The van der Waals surface area contributed by atoms with E-state index in [1.54, 1.807) is 36.0 Å². The zero-order valence-corrected chi connectivity index (χ0v) is 13.8. The number of sulfonamides is 1. The van der Waals surface area contributed by atoms with Crippen LogP contribution in [-0.2, 0) is 16.4 Å². The molecule has 1 N–H and O–H groups in total. The van der Waals surface area contributed by atoms with Crippen LogP contribution in [-0.4, -0.2) is 31.8 Å². The van der Waals surface area contributed by atoms with Gasteiger partial charge in [-0.1, -0.05) is 12.1 Å². The van der Waals surface area contributed by atoms with Crippen LogP contribution in [0, 0.1) is 0 Å². The predicted molar refractivity (Wildman–Crippen MR) is 83.6 cm³/mol. The number of aryl methyl sites for hydroxylation is 1. The average Bonchev–Trinajstić information content (AvgIpc) is 2.38. The van der Waals surface area contributed by atoms with Gasteiger partial charge in [0.2, 0.25) is 10.0 Å². The van der Waals surface area contributed by atoms with E-state index in [-0.39, 0.29) is 4.75 Å². The maximum absolute atomic E-state index is 12.1. The zero-order valence-electron chi connectivity index (χ0n) is 11.4. The number of hydrogen-bond donors (Lipinski definition) is 1. The standard InChI is InChI=1S/C13H20ClNO2S2/c1-13(2,18-3)10-15-19(16,17)12-6-4-11(5-7-12)8-9-14/h4-7,15H,8-10H2,1-3H3. The average molecular weight is 322 g/mol. The van der Waals surface area contributed by atoms with E-state index >= 15 is 0 Å². The van der Waals surface area contributed by atoms with Crippen LogP contribution in [0.4, 0.5) is 0 Å². The minimum atomic E-state index is -3.43. The van der Waals surface area contributed by atoms with Gasteiger partial charge in [-0.3, -0.25) is 0 Å². The van der Waals surface area contributed by atoms with Gasteiger partial charge in [-0.15, -0.1) is 11.6 Å². The molecule has 0 heterocycles. The molecule has 0 saturated carbocycles. The molecule has 19 heavy (non-hydrogen) atoms. The van der Waals surface area contributed by atoms with Gasteiger partial charge in [0.1, 0.15) is 0 Å². The van der Waals surface area contributed by atoms with E-state index in [2.05, 4.69) is 4.72 Å². The maximum atomic E-state index is 12.1. The van der Waals surface area contributed by atoms with Gasteiger partial charge >= 0.3 is 0 Å². The summed E-state index contributed by atoms with van der Waals surface area (Å²) in [6, 6.07) is 6.85. The van der Waals surface area contributed by atoms with Crippen molar-refractivity contribution in [1.82, 2.24) is 4.72 Å². The van der Waals surface area contributed by atoms with Crippen molar-refractivity contribution < 1.29 is 8.42 Å². The molecule has 3 nitrogen and oxygen atoms in total. The minimum Gasteiger partial charge on any atom is -0.210 e. The number of rotatable bonds is 7. The molecule has 0 radical (unpaired) electrons. The van der Waals surface area contributed by atoms with Crippen LogP contribution in [0.3, 0.4) is 0 Å². The number of thioether (sulfide) groups is 1. The van der Waals surface area contributed by atoms with Crippen LogP contribution in [0.25, 0.3) is 0 Å². The van der Waals surface area contributed by atoms with E-state index in [1.807, 2.05) is 20.1 Å². The molecule has 0 atom stereocenters. The molecule has 0 aromatic heterocycles. The summed E-state index contributed by atoms with van der Waals surface area (Å²) in [5, 5.41) is 0. The maximum Gasteiger partial charge on any atom is 0.240 e. The van der Waals surface area contributed by atoms with Crippen molar-refractivity contribution in [2.24, 2.45) is 0 Å². The van der Waals surface area contributed by atoms with Gasteiger partial charge in [-0.25, -0.2) is 13.1 Å². The Morgan fingerprint density at radius 3 is 2.32 bits per heavy atom. The first-order valence-electron chi connectivity index (χ1n) is 6.00. The molecule has 0 aliphatic rings. The molecule has 108 valence electrons. The fraction of sp³-hybridized carbons (Fsp3) is 0.538. The Balaban J connectivity index is 2.77. The van der Waals surface area contributed by atoms with Gasteiger partial charge in [0, 0.05) is 17.2 Å². The second kappa shape index (κ2) is 6.97. The molecule has 1 aromatic rings. The van der Waals surface area contributed by atoms with Gasteiger partial charge in [0.25, 0.3) is 0 Å². The number of halogens is 1. The van der Waals surface area contributed by atoms with Gasteiger partial charge in [-0.05, 0) is 44.2 Å². The molecule has 0 fully saturated rings. The van der Waals surface area contributed by atoms with Crippen LogP contribution in [0.1, 0.15) is 19.4 Å². The SMILES string of the molecule is CSC(C)(C)CNS(=O)(=O)c1ccc(CCCl)cc1. The minimum absolute atomic E-state index is 0.119. The number of alkyl halides is 1. The fourth-order valence-electron chi connectivity index (χ4n) is 1.37. The Morgan fingerprint density at radius 1 is 1.26 bits per heavy atom. The molecule has 1 rings (SSSR count). The third kappa shape index (κ3) is 5.34. The summed E-state index contributed by atoms with van der Waals surface area (Å²) in [4.78, 5) is 0.294. The second-order valence-electron chi connectivity index (χ2n) is 4.87. The van der Waals surface area contributed by atoms with Gasteiger partial charge in [-0.2, -0.15) is 11.8 Å². The van der Waals surface area contributed by atoms with Gasteiger partial charge < -0.3 is 0 Å². The first kappa shape index (κ1) is 16.8. The van der Waals surface area contributed by atoms with E-state index in [9.17, 15) is 8.42 Å². The van der Waals surface area contributed by atoms with E-state index in [0.29, 0.717) is 17.3 Å². The van der Waals surface area contributed by atoms with Crippen molar-refractivity contribution in [3.8, 4) is 0 Å². The Labute approximate surface area is 125 Å². The third-order valence-corrected chi connectivity index (χ3v) is 5.71. The lowest BCUT2D eigenvalue weighted by molar-refractivity contribution is 0.570. The molecule has 0 aliphatic heterocycles. The molecular weight excluding hydrogens is 302 g/mol. The van der Waals surface area contributed by atoms with Crippen molar-refractivity contribution in [2.45, 2.75) is 29.9 Å². The van der Waals surface area contributed by atoms with Crippen LogP contribution < -0.4 is 4.72 Å². The molecule has 0 amide bonds. The monoisotopic (exact) mass is 321 g/mol. The number of benzene rings is 1. The summed E-state index contributed by atoms with van der Waals surface area (Å²) in [6.07, 6.45) is 2.71. The molecule has 6 heteroatoms. The molecule has 1 aromatic carbocycles. The van der Waals surface area contributed by atoms with Gasteiger partial charge in [0.15, 0.2) is 0 Å².